The second-order valence-corrected chi connectivity index (χ2v) is 19.6. The predicted molar refractivity (Wildman–Crippen MR) is 261 cm³/mol. The standard InChI is InChI=1S/C48H79N3O15P2/c1-3-5-7-9-11-13-15-17-19-21-23-25-27-29-31-33-43(52)61-37-40(64-44(53)34-32-30-28-26-24-22-20-18-16-14-12-10-8-6-4-2)38-62-67(57,58)66-68(59,60)63-39-41-45(54)46(55)47(65-41)51-36-35-42(49)50-48(51)56/h11-14,17-20,24,26,35-36,40-41,45-47,54-55H,3-10,15-16,21-23,25,27-34,37-39H2,1-2H3,(H,57,58)(H,59,60)(H2,49,50,56)/b13-11-,14-12-,19-17-,20-18-,26-24-/t40-,41-,45+,46?,47-/m1/s1. The summed E-state index contributed by atoms with van der Waals surface area (Å²) in [7, 11) is -10.9. The van der Waals surface area contributed by atoms with Crippen LogP contribution in [0, 0.1) is 0 Å². The Labute approximate surface area is 402 Å². The van der Waals surface area contributed by atoms with Crippen molar-refractivity contribution in [2.45, 2.75) is 186 Å². The Morgan fingerprint density at radius 1 is 0.706 bits per heavy atom. The van der Waals surface area contributed by atoms with Gasteiger partial charge in [0.25, 0.3) is 0 Å². The van der Waals surface area contributed by atoms with Crippen LogP contribution in [0.3, 0.4) is 0 Å². The van der Waals surface area contributed by atoms with Crippen LogP contribution >= 0.6 is 15.6 Å². The number of unbranched alkanes of at least 4 members (excludes halogenated alkanes) is 13. The molecule has 2 rings (SSSR count). The molecule has 0 spiro atoms. The first-order chi connectivity index (χ1) is 32.7. The smallest absolute Gasteiger partial charge is 0.462 e. The van der Waals surface area contributed by atoms with Gasteiger partial charge in [-0.2, -0.15) is 9.29 Å². The summed E-state index contributed by atoms with van der Waals surface area (Å²) in [6.45, 7) is 2.03. The Hall–Kier alpha value is -3.54. The summed E-state index contributed by atoms with van der Waals surface area (Å²) in [5, 5.41) is 20.9. The molecule has 1 aromatic heterocycles. The molecule has 1 fully saturated rings. The van der Waals surface area contributed by atoms with Crippen LogP contribution in [-0.2, 0) is 46.3 Å². The average molecular weight is 1000 g/mol. The van der Waals surface area contributed by atoms with Crippen LogP contribution in [0.4, 0.5) is 5.82 Å². The number of nitrogens with two attached hydrogens (primary N) is 1. The summed E-state index contributed by atoms with van der Waals surface area (Å²) >= 11 is 0. The van der Waals surface area contributed by atoms with Gasteiger partial charge in [-0.05, 0) is 89.5 Å². The molecule has 7 atom stereocenters. The molecule has 0 radical (unpaired) electrons. The quantitative estimate of drug-likeness (QED) is 0.0178. The van der Waals surface area contributed by atoms with Crippen LogP contribution in [0.5, 0.6) is 0 Å². The van der Waals surface area contributed by atoms with E-state index < -0.39 is 83.7 Å². The minimum Gasteiger partial charge on any atom is -0.462 e. The zero-order chi connectivity index (χ0) is 49.9. The number of nitrogens with zero attached hydrogens (tertiary/aromatic N) is 2. The van der Waals surface area contributed by atoms with E-state index in [9.17, 15) is 43.5 Å². The van der Waals surface area contributed by atoms with Crippen molar-refractivity contribution in [3.8, 4) is 0 Å². The summed E-state index contributed by atoms with van der Waals surface area (Å²) in [6.07, 6.45) is 34.5. The molecule has 0 aromatic carbocycles. The third-order valence-electron chi connectivity index (χ3n) is 10.6. The summed E-state index contributed by atoms with van der Waals surface area (Å²) in [5.41, 5.74) is 4.58. The number of phosphoric ester groups is 2. The highest BCUT2D eigenvalue weighted by Gasteiger charge is 2.46. The number of carbonyl (C=O) groups excluding carboxylic acids is 2. The lowest BCUT2D eigenvalue weighted by Crippen LogP contribution is -2.36. The van der Waals surface area contributed by atoms with E-state index in [1.165, 1.54) is 44.6 Å². The molecule has 386 valence electrons. The monoisotopic (exact) mass is 999 g/mol. The van der Waals surface area contributed by atoms with Crippen LogP contribution in [0.15, 0.2) is 77.8 Å². The number of allylic oxidation sites excluding steroid dienone is 10. The first kappa shape index (κ1) is 60.6. The van der Waals surface area contributed by atoms with Crippen molar-refractivity contribution in [3.05, 3.63) is 83.5 Å². The predicted octanol–water partition coefficient (Wildman–Crippen LogP) is 9.55. The molecule has 18 nitrogen and oxygen atoms in total. The molecule has 1 aromatic rings. The number of phosphoric acid groups is 2. The first-order valence-electron chi connectivity index (χ1n) is 24.3. The van der Waals surface area contributed by atoms with E-state index in [0.29, 0.717) is 19.3 Å². The van der Waals surface area contributed by atoms with Crippen LogP contribution in [0.2, 0.25) is 0 Å². The van der Waals surface area contributed by atoms with Gasteiger partial charge in [-0.25, -0.2) is 13.9 Å². The number of carbonyl (C=O) groups is 2. The number of aliphatic hydroxyl groups excluding tert-OH is 2. The molecule has 1 aliphatic rings. The van der Waals surface area contributed by atoms with E-state index >= 15 is 0 Å². The Kier molecular flexibility index (Phi) is 32.4. The van der Waals surface area contributed by atoms with E-state index in [0.717, 1.165) is 81.4 Å². The fourth-order valence-corrected chi connectivity index (χ4v) is 8.87. The molecular formula is C48H79N3O15P2. The fraction of sp³-hybridized carbons (Fsp3) is 0.667. The van der Waals surface area contributed by atoms with Crippen LogP contribution < -0.4 is 11.4 Å². The van der Waals surface area contributed by atoms with Crippen LogP contribution in [0.25, 0.3) is 0 Å². The van der Waals surface area contributed by atoms with Crippen molar-refractivity contribution in [2.75, 3.05) is 25.6 Å². The van der Waals surface area contributed by atoms with E-state index in [2.05, 4.69) is 77.8 Å². The Morgan fingerprint density at radius 3 is 1.76 bits per heavy atom. The Morgan fingerprint density at radius 2 is 1.19 bits per heavy atom. The summed E-state index contributed by atoms with van der Waals surface area (Å²) in [5.74, 6) is -1.36. The minimum absolute atomic E-state index is 0.00413. The second kappa shape index (κ2) is 36.4. The van der Waals surface area contributed by atoms with Gasteiger partial charge in [0.2, 0.25) is 0 Å². The van der Waals surface area contributed by atoms with Crippen molar-refractivity contribution in [1.29, 1.82) is 0 Å². The SMILES string of the molecule is CCCCC/C=C\C/C=C\C/C=C\CCCCC(=O)O[C@H](COC(=O)CCCCCCC/C=C\C/C=C\CCCCC)COP(=O)(O)OP(=O)(O)OC[C@H]1O[C@@H](n2ccc(N)nc2=O)C(O)[C@H]1O. The first-order valence-corrected chi connectivity index (χ1v) is 27.3. The van der Waals surface area contributed by atoms with Gasteiger partial charge < -0.3 is 39.9 Å². The Bertz CT molecular complexity index is 1870. The summed E-state index contributed by atoms with van der Waals surface area (Å²) in [4.78, 5) is 61.8. The number of anilines is 1. The topological polar surface area (TPSA) is 265 Å². The maximum atomic E-state index is 12.8. The van der Waals surface area contributed by atoms with Crippen LogP contribution in [0.1, 0.15) is 161 Å². The van der Waals surface area contributed by atoms with Crippen molar-refractivity contribution < 1.29 is 66.3 Å². The molecule has 1 saturated heterocycles. The van der Waals surface area contributed by atoms with Gasteiger partial charge in [-0.3, -0.25) is 23.2 Å². The van der Waals surface area contributed by atoms with Crippen molar-refractivity contribution in [3.63, 3.8) is 0 Å². The van der Waals surface area contributed by atoms with Gasteiger partial charge in [0.15, 0.2) is 12.3 Å². The third kappa shape index (κ3) is 28.8. The number of ether oxygens (including phenoxy) is 3. The largest absolute Gasteiger partial charge is 0.481 e. The lowest BCUT2D eigenvalue weighted by Gasteiger charge is -2.21. The number of hydrogen-bond acceptors (Lipinski definition) is 15. The molecule has 3 unspecified atom stereocenters. The number of aliphatic hydroxyl groups is 2. The molecule has 68 heavy (non-hydrogen) atoms. The number of aromatic nitrogens is 2. The second-order valence-electron chi connectivity index (χ2n) is 16.6. The molecule has 20 heteroatoms. The maximum Gasteiger partial charge on any atom is 0.481 e. The molecule has 0 bridgehead atoms. The zero-order valence-electron chi connectivity index (χ0n) is 40.1. The molecular weight excluding hydrogens is 920 g/mol. The van der Waals surface area contributed by atoms with Gasteiger partial charge in [0.05, 0.1) is 13.2 Å². The van der Waals surface area contributed by atoms with Gasteiger partial charge in [-0.15, -0.1) is 0 Å². The highest BCUT2D eigenvalue weighted by atomic mass is 31.3. The summed E-state index contributed by atoms with van der Waals surface area (Å²) in [6, 6.07) is 1.24. The normalized spacial score (nSPS) is 20.0. The lowest BCUT2D eigenvalue weighted by molar-refractivity contribution is -0.161. The van der Waals surface area contributed by atoms with E-state index in [1.807, 2.05) is 6.08 Å². The Balaban J connectivity index is 1.84. The minimum atomic E-state index is -5.43. The van der Waals surface area contributed by atoms with Gasteiger partial charge in [0.1, 0.15) is 30.7 Å². The van der Waals surface area contributed by atoms with Gasteiger partial charge >= 0.3 is 33.3 Å². The third-order valence-corrected chi connectivity index (χ3v) is 13.2. The highest BCUT2D eigenvalue weighted by molar-refractivity contribution is 7.61. The zero-order valence-corrected chi connectivity index (χ0v) is 41.9. The van der Waals surface area contributed by atoms with E-state index in [-0.39, 0.29) is 18.7 Å². The summed E-state index contributed by atoms with van der Waals surface area (Å²) < 4.78 is 56.6. The van der Waals surface area contributed by atoms with Crippen molar-refractivity contribution in [1.82, 2.24) is 9.55 Å². The molecule has 0 aliphatic carbocycles. The van der Waals surface area contributed by atoms with E-state index in [1.54, 1.807) is 0 Å². The van der Waals surface area contributed by atoms with E-state index in [4.69, 9.17) is 29.0 Å². The van der Waals surface area contributed by atoms with Gasteiger partial charge in [-0.1, -0.05) is 120 Å². The lowest BCUT2D eigenvalue weighted by atomic mass is 10.1. The maximum absolute atomic E-state index is 12.8. The van der Waals surface area contributed by atoms with Crippen LogP contribution in [-0.4, -0.2) is 85.7 Å². The van der Waals surface area contributed by atoms with Gasteiger partial charge in [0, 0.05) is 19.0 Å². The number of nitrogen functional groups attached to an aromatic ring is 1. The molecule has 0 saturated carbocycles. The number of rotatable bonds is 39. The molecule has 2 heterocycles. The highest BCUT2D eigenvalue weighted by Crippen LogP contribution is 2.60. The van der Waals surface area contributed by atoms with Crippen molar-refractivity contribution in [2.24, 2.45) is 0 Å². The molecule has 0 amide bonds. The molecule has 1 aliphatic heterocycles. The average Bonchev–Trinajstić information content (AvgIpc) is 3.57. The fourth-order valence-electron chi connectivity index (χ4n) is 6.76. The molecule has 6 N–H and O–H groups in total. The number of esters is 2. The number of hydrogen-bond donors (Lipinski definition) is 5. The van der Waals surface area contributed by atoms with Crippen molar-refractivity contribution >= 4 is 33.4 Å².